The number of ether oxygens (including phenoxy) is 1. The molecule has 0 saturated heterocycles. The third kappa shape index (κ3) is 4.88. The number of hydrogen-bond donors (Lipinski definition) is 3. The van der Waals surface area contributed by atoms with Gasteiger partial charge in [0.1, 0.15) is 11.5 Å². The lowest BCUT2D eigenvalue weighted by molar-refractivity contribution is 0.0600. The molecule has 33 heavy (non-hydrogen) atoms. The van der Waals surface area contributed by atoms with Crippen molar-refractivity contribution in [3.05, 3.63) is 101 Å². The van der Waals surface area contributed by atoms with Gasteiger partial charge in [-0.15, -0.1) is 0 Å². The van der Waals surface area contributed by atoms with Gasteiger partial charge in [-0.25, -0.2) is 9.78 Å². The number of methoxy groups -OCH3 is 1. The Balaban J connectivity index is 1.61. The van der Waals surface area contributed by atoms with Crippen LogP contribution in [0, 0.1) is 5.41 Å². The fourth-order valence-corrected chi connectivity index (χ4v) is 3.53. The number of carbonyl (C=O) groups excluding carboxylic acids is 2. The van der Waals surface area contributed by atoms with Crippen molar-refractivity contribution in [3.63, 3.8) is 0 Å². The third-order valence-corrected chi connectivity index (χ3v) is 5.20. The first kappa shape index (κ1) is 21.7. The summed E-state index contributed by atoms with van der Waals surface area (Å²) >= 11 is 0. The van der Waals surface area contributed by atoms with E-state index in [4.69, 9.17) is 15.9 Å². The van der Waals surface area contributed by atoms with E-state index >= 15 is 0 Å². The van der Waals surface area contributed by atoms with E-state index in [-0.39, 0.29) is 18.3 Å². The van der Waals surface area contributed by atoms with Crippen LogP contribution in [0.4, 0.5) is 0 Å². The number of benzene rings is 3. The summed E-state index contributed by atoms with van der Waals surface area (Å²) in [5, 5.41) is 11.5. The summed E-state index contributed by atoms with van der Waals surface area (Å²) in [5.74, 6) is -0.843. The maximum Gasteiger partial charge on any atom is 0.337 e. The Labute approximate surface area is 190 Å². The predicted octanol–water partition coefficient (Wildman–Crippen LogP) is 3.90. The van der Waals surface area contributed by atoms with Crippen LogP contribution in [-0.2, 0) is 11.3 Å². The van der Waals surface area contributed by atoms with Gasteiger partial charge in [-0.1, -0.05) is 42.5 Å². The first-order chi connectivity index (χ1) is 15.9. The summed E-state index contributed by atoms with van der Waals surface area (Å²) in [6.45, 7) is 0.192. The summed E-state index contributed by atoms with van der Waals surface area (Å²) in [5.41, 5.74) is 9.86. The number of fused-ring (bicyclic) bond motifs is 1. The van der Waals surface area contributed by atoms with Crippen molar-refractivity contribution in [2.75, 3.05) is 7.11 Å². The van der Waals surface area contributed by atoms with E-state index in [0.29, 0.717) is 16.8 Å². The molecule has 0 aliphatic carbocycles. The standard InChI is InChI=1S/C26H22N4O3/c1-33-26(32)21-12-16(11-20(14-21)18-6-4-7-19(13-18)24(27)28)15-29-25(31)23-10-9-17-5-2-3-8-22(17)30-23/h2-14H,15H2,1H3,(H3,27,28)(H,29,31). The number of rotatable bonds is 6. The molecule has 0 atom stereocenters. The van der Waals surface area contributed by atoms with E-state index in [2.05, 4.69) is 10.3 Å². The van der Waals surface area contributed by atoms with Crippen LogP contribution in [0.1, 0.15) is 32.0 Å². The van der Waals surface area contributed by atoms with E-state index in [0.717, 1.165) is 27.6 Å². The van der Waals surface area contributed by atoms with Crippen molar-refractivity contribution in [2.24, 2.45) is 5.73 Å². The Kier molecular flexibility index (Phi) is 6.13. The molecule has 3 aromatic carbocycles. The topological polar surface area (TPSA) is 118 Å². The second-order valence-electron chi connectivity index (χ2n) is 7.48. The van der Waals surface area contributed by atoms with Gasteiger partial charge in [-0.2, -0.15) is 0 Å². The first-order valence-corrected chi connectivity index (χ1v) is 10.3. The molecular formula is C26H22N4O3. The molecule has 164 valence electrons. The van der Waals surface area contributed by atoms with Crippen LogP contribution in [0.2, 0.25) is 0 Å². The summed E-state index contributed by atoms with van der Waals surface area (Å²) in [6, 6.07) is 23.6. The molecule has 0 spiro atoms. The van der Waals surface area contributed by atoms with E-state index < -0.39 is 5.97 Å². The fraction of sp³-hybridized carbons (Fsp3) is 0.0769. The zero-order chi connectivity index (χ0) is 23.4. The molecule has 1 amide bonds. The number of nitrogens with one attached hydrogen (secondary N) is 2. The molecule has 1 aromatic heterocycles. The second-order valence-corrected chi connectivity index (χ2v) is 7.48. The fourth-order valence-electron chi connectivity index (χ4n) is 3.53. The van der Waals surface area contributed by atoms with E-state index in [1.54, 1.807) is 36.4 Å². The lowest BCUT2D eigenvalue weighted by Gasteiger charge is -2.11. The molecule has 0 fully saturated rings. The van der Waals surface area contributed by atoms with Crippen LogP contribution < -0.4 is 11.1 Å². The maximum atomic E-state index is 12.7. The number of nitrogens with two attached hydrogens (primary N) is 1. The van der Waals surface area contributed by atoms with Gasteiger partial charge in [0, 0.05) is 17.5 Å². The highest BCUT2D eigenvalue weighted by atomic mass is 16.5. The normalized spacial score (nSPS) is 10.6. The van der Waals surface area contributed by atoms with Gasteiger partial charge >= 0.3 is 5.97 Å². The van der Waals surface area contributed by atoms with Crippen LogP contribution in [0.15, 0.2) is 78.9 Å². The van der Waals surface area contributed by atoms with Gasteiger partial charge in [0.15, 0.2) is 0 Å². The quantitative estimate of drug-likeness (QED) is 0.240. The Morgan fingerprint density at radius 1 is 0.939 bits per heavy atom. The Morgan fingerprint density at radius 2 is 1.73 bits per heavy atom. The summed E-state index contributed by atoms with van der Waals surface area (Å²) in [6.07, 6.45) is 0. The zero-order valence-corrected chi connectivity index (χ0v) is 18.0. The van der Waals surface area contributed by atoms with Gasteiger partial charge in [-0.05, 0) is 53.1 Å². The summed E-state index contributed by atoms with van der Waals surface area (Å²) < 4.78 is 4.89. The SMILES string of the molecule is COC(=O)c1cc(CNC(=O)c2ccc3ccccc3n2)cc(-c2cccc(C(=N)N)c2)c1. The lowest BCUT2D eigenvalue weighted by atomic mass is 9.98. The summed E-state index contributed by atoms with van der Waals surface area (Å²) in [4.78, 5) is 29.4. The first-order valence-electron chi connectivity index (χ1n) is 10.3. The van der Waals surface area contributed by atoms with E-state index in [1.807, 2.05) is 42.5 Å². The van der Waals surface area contributed by atoms with Gasteiger partial charge < -0.3 is 15.8 Å². The predicted molar refractivity (Wildman–Crippen MR) is 127 cm³/mol. The molecule has 1 heterocycles. The molecule has 4 aromatic rings. The Hall–Kier alpha value is -4.52. The highest BCUT2D eigenvalue weighted by molar-refractivity contribution is 5.97. The lowest BCUT2D eigenvalue weighted by Crippen LogP contribution is -2.24. The van der Waals surface area contributed by atoms with Gasteiger partial charge in [0.05, 0.1) is 18.2 Å². The average Bonchev–Trinajstić information content (AvgIpc) is 2.86. The van der Waals surface area contributed by atoms with Gasteiger partial charge in [0.2, 0.25) is 0 Å². The van der Waals surface area contributed by atoms with Crippen LogP contribution in [0.3, 0.4) is 0 Å². The minimum atomic E-state index is -0.483. The number of pyridine rings is 1. The number of nitrogens with zero attached hydrogens (tertiary/aromatic N) is 1. The highest BCUT2D eigenvalue weighted by Gasteiger charge is 2.13. The highest BCUT2D eigenvalue weighted by Crippen LogP contribution is 2.24. The molecule has 7 heteroatoms. The van der Waals surface area contributed by atoms with E-state index in [9.17, 15) is 9.59 Å². The average molecular weight is 438 g/mol. The largest absolute Gasteiger partial charge is 0.465 e. The van der Waals surface area contributed by atoms with Crippen LogP contribution >= 0.6 is 0 Å². The molecule has 0 saturated carbocycles. The van der Waals surface area contributed by atoms with E-state index in [1.165, 1.54) is 7.11 Å². The number of hydrogen-bond acceptors (Lipinski definition) is 5. The van der Waals surface area contributed by atoms with Crippen LogP contribution in [0.5, 0.6) is 0 Å². The van der Waals surface area contributed by atoms with Gasteiger partial charge in [0.25, 0.3) is 5.91 Å². The number of esters is 1. The van der Waals surface area contributed by atoms with Crippen molar-refractivity contribution in [2.45, 2.75) is 6.54 Å². The molecule has 0 bridgehead atoms. The Morgan fingerprint density at radius 3 is 2.52 bits per heavy atom. The smallest absolute Gasteiger partial charge is 0.337 e. The number of carbonyl (C=O) groups is 2. The molecule has 0 aliphatic heterocycles. The number of nitrogen functional groups attached to an aromatic ring is 1. The molecular weight excluding hydrogens is 416 g/mol. The minimum Gasteiger partial charge on any atom is -0.465 e. The monoisotopic (exact) mass is 438 g/mol. The third-order valence-electron chi connectivity index (χ3n) is 5.20. The molecule has 0 radical (unpaired) electrons. The molecule has 7 nitrogen and oxygen atoms in total. The second kappa shape index (κ2) is 9.32. The summed E-state index contributed by atoms with van der Waals surface area (Å²) in [7, 11) is 1.32. The zero-order valence-electron chi connectivity index (χ0n) is 18.0. The number of aromatic nitrogens is 1. The molecule has 4 N–H and O–H groups in total. The molecule has 4 rings (SSSR count). The van der Waals surface area contributed by atoms with Crippen molar-refractivity contribution >= 4 is 28.6 Å². The van der Waals surface area contributed by atoms with Crippen molar-refractivity contribution < 1.29 is 14.3 Å². The maximum absolute atomic E-state index is 12.7. The molecule has 0 unspecified atom stereocenters. The van der Waals surface area contributed by atoms with Crippen molar-refractivity contribution in [1.82, 2.24) is 10.3 Å². The van der Waals surface area contributed by atoms with Crippen LogP contribution in [-0.4, -0.2) is 29.8 Å². The van der Waals surface area contributed by atoms with Crippen LogP contribution in [0.25, 0.3) is 22.0 Å². The number of amidine groups is 1. The van der Waals surface area contributed by atoms with Crippen molar-refractivity contribution in [1.29, 1.82) is 5.41 Å². The Bertz CT molecular complexity index is 1380. The molecule has 0 aliphatic rings. The van der Waals surface area contributed by atoms with Crippen molar-refractivity contribution in [3.8, 4) is 11.1 Å². The number of amides is 1. The minimum absolute atomic E-state index is 0.0451. The number of para-hydroxylation sites is 1. The van der Waals surface area contributed by atoms with Gasteiger partial charge in [-0.3, -0.25) is 10.2 Å².